The second kappa shape index (κ2) is 12.0. The number of aliphatic carboxylic acids is 1. The Balaban J connectivity index is 2.30. The van der Waals surface area contributed by atoms with E-state index in [-0.39, 0.29) is 17.9 Å². The third-order valence-electron chi connectivity index (χ3n) is 5.59. The Hall–Kier alpha value is -0.480. The lowest BCUT2D eigenvalue weighted by molar-refractivity contribution is -0.137. The molecule has 1 unspecified atom stereocenters. The summed E-state index contributed by atoms with van der Waals surface area (Å²) in [5.74, 6) is 3.16. The molecule has 0 aromatic carbocycles. The molecular formula is C21H38O3S. The van der Waals surface area contributed by atoms with E-state index in [1.807, 2.05) is 11.8 Å². The van der Waals surface area contributed by atoms with Crippen LogP contribution in [-0.4, -0.2) is 33.8 Å². The van der Waals surface area contributed by atoms with E-state index < -0.39 is 5.97 Å². The first-order valence-corrected chi connectivity index (χ1v) is 11.1. The van der Waals surface area contributed by atoms with Gasteiger partial charge in [0, 0.05) is 6.42 Å². The maximum atomic E-state index is 10.6. The van der Waals surface area contributed by atoms with Crippen molar-refractivity contribution in [2.75, 3.05) is 11.5 Å². The van der Waals surface area contributed by atoms with Crippen LogP contribution >= 0.6 is 11.8 Å². The lowest BCUT2D eigenvalue weighted by Gasteiger charge is -2.31. The zero-order valence-electron chi connectivity index (χ0n) is 16.4. The average molecular weight is 371 g/mol. The van der Waals surface area contributed by atoms with Crippen LogP contribution in [0.25, 0.3) is 0 Å². The van der Waals surface area contributed by atoms with Crippen molar-refractivity contribution in [3.8, 4) is 0 Å². The molecule has 4 heteroatoms. The van der Waals surface area contributed by atoms with Crippen molar-refractivity contribution in [1.29, 1.82) is 0 Å². The van der Waals surface area contributed by atoms with Crippen LogP contribution in [-0.2, 0) is 4.79 Å². The zero-order valence-corrected chi connectivity index (χ0v) is 17.2. The first kappa shape index (κ1) is 22.6. The number of hydrogen-bond donors (Lipinski definition) is 2. The Morgan fingerprint density at radius 1 is 1.24 bits per heavy atom. The highest BCUT2D eigenvalue weighted by Crippen LogP contribution is 2.38. The predicted octanol–water partition coefficient (Wildman–Crippen LogP) is 5.52. The Kier molecular flexibility index (Phi) is 10.8. The minimum atomic E-state index is -0.707. The first-order chi connectivity index (χ1) is 11.9. The van der Waals surface area contributed by atoms with Crippen molar-refractivity contribution in [3.05, 3.63) is 12.2 Å². The molecular weight excluding hydrogens is 332 g/mol. The summed E-state index contributed by atoms with van der Waals surface area (Å²) in [5.41, 5.74) is 0.0291. The highest BCUT2D eigenvalue weighted by Gasteiger charge is 2.31. The second-order valence-corrected chi connectivity index (χ2v) is 9.31. The molecule has 0 aromatic heterocycles. The fourth-order valence-corrected chi connectivity index (χ4v) is 5.13. The fourth-order valence-electron chi connectivity index (χ4n) is 3.54. The number of carboxylic acids is 1. The number of unbranched alkanes of at least 4 members (excludes halogenated alkanes) is 2. The molecule has 1 aliphatic rings. The van der Waals surface area contributed by atoms with E-state index in [1.165, 1.54) is 24.3 Å². The summed E-state index contributed by atoms with van der Waals surface area (Å²) in [6.07, 6.45) is 12.7. The van der Waals surface area contributed by atoms with Gasteiger partial charge in [0.25, 0.3) is 0 Å². The van der Waals surface area contributed by atoms with Crippen LogP contribution in [0.5, 0.6) is 0 Å². The van der Waals surface area contributed by atoms with Crippen molar-refractivity contribution in [2.24, 2.45) is 17.3 Å². The number of aliphatic hydroxyl groups excluding tert-OH is 1. The average Bonchev–Trinajstić information content (AvgIpc) is 3.01. The van der Waals surface area contributed by atoms with Crippen LogP contribution in [0.15, 0.2) is 12.2 Å². The summed E-state index contributed by atoms with van der Waals surface area (Å²) < 4.78 is 0. The minimum Gasteiger partial charge on any atom is -0.481 e. The molecule has 3 nitrogen and oxygen atoms in total. The van der Waals surface area contributed by atoms with Gasteiger partial charge in [-0.3, -0.25) is 4.79 Å². The largest absolute Gasteiger partial charge is 0.481 e. The number of thioether (sulfide) groups is 1. The number of carbonyl (C=O) groups is 1. The molecule has 0 amide bonds. The van der Waals surface area contributed by atoms with Crippen LogP contribution in [0.1, 0.15) is 78.6 Å². The third kappa shape index (κ3) is 9.14. The van der Waals surface area contributed by atoms with Gasteiger partial charge in [-0.1, -0.05) is 45.8 Å². The normalized spacial score (nSPS) is 22.6. The summed E-state index contributed by atoms with van der Waals surface area (Å²) in [6.45, 7) is 6.61. The lowest BCUT2D eigenvalue weighted by Crippen LogP contribution is -2.30. The molecule has 0 aromatic rings. The summed E-state index contributed by atoms with van der Waals surface area (Å²) >= 11 is 2.04. The Bertz CT molecular complexity index is 406. The Morgan fingerprint density at radius 2 is 1.96 bits per heavy atom. The van der Waals surface area contributed by atoms with Gasteiger partial charge in [0.2, 0.25) is 0 Å². The van der Waals surface area contributed by atoms with Crippen molar-refractivity contribution in [2.45, 2.75) is 84.7 Å². The number of allylic oxidation sites excluding steroid dienone is 2. The highest BCUT2D eigenvalue weighted by molar-refractivity contribution is 7.99. The molecule has 146 valence electrons. The molecule has 1 saturated heterocycles. The minimum absolute atomic E-state index is 0.0291. The van der Waals surface area contributed by atoms with Gasteiger partial charge in [0.1, 0.15) is 0 Å². The maximum Gasteiger partial charge on any atom is 0.303 e. The van der Waals surface area contributed by atoms with Crippen molar-refractivity contribution in [1.82, 2.24) is 0 Å². The molecule has 2 N–H and O–H groups in total. The number of carboxylic acid groups (broad SMARTS) is 1. The third-order valence-corrected chi connectivity index (χ3v) is 6.91. The first-order valence-electron chi connectivity index (χ1n) is 9.99. The van der Waals surface area contributed by atoms with Gasteiger partial charge in [-0.05, 0) is 67.3 Å². The number of hydrogen-bond acceptors (Lipinski definition) is 3. The molecule has 0 bridgehead atoms. The molecule has 25 heavy (non-hydrogen) atoms. The van der Waals surface area contributed by atoms with E-state index >= 15 is 0 Å². The van der Waals surface area contributed by atoms with Crippen LogP contribution in [0, 0.1) is 17.3 Å². The Labute approximate surface area is 158 Å². The van der Waals surface area contributed by atoms with E-state index in [0.717, 1.165) is 38.5 Å². The highest BCUT2D eigenvalue weighted by atomic mass is 32.2. The van der Waals surface area contributed by atoms with Gasteiger partial charge < -0.3 is 10.2 Å². The van der Waals surface area contributed by atoms with Crippen LogP contribution < -0.4 is 0 Å². The second-order valence-electron chi connectivity index (χ2n) is 8.24. The smallest absolute Gasteiger partial charge is 0.303 e. The SMILES string of the molecule is CCCCC(C)(C)C(O)CC[C@@H]1CSC[C@@H]1C/C=C\CCCC(=O)O. The molecule has 0 radical (unpaired) electrons. The van der Waals surface area contributed by atoms with Crippen molar-refractivity contribution < 1.29 is 15.0 Å². The molecule has 1 rings (SSSR count). The Morgan fingerprint density at radius 3 is 2.64 bits per heavy atom. The zero-order chi connectivity index (χ0) is 18.7. The van der Waals surface area contributed by atoms with Crippen LogP contribution in [0.2, 0.25) is 0 Å². The summed E-state index contributed by atoms with van der Waals surface area (Å²) in [5, 5.41) is 19.2. The molecule has 0 aliphatic carbocycles. The summed E-state index contributed by atoms with van der Waals surface area (Å²) in [6, 6.07) is 0. The van der Waals surface area contributed by atoms with Gasteiger partial charge in [0.15, 0.2) is 0 Å². The van der Waals surface area contributed by atoms with E-state index in [9.17, 15) is 9.90 Å². The van der Waals surface area contributed by atoms with E-state index in [2.05, 4.69) is 32.9 Å². The predicted molar refractivity (Wildman–Crippen MR) is 108 cm³/mol. The molecule has 1 heterocycles. The van der Waals surface area contributed by atoms with Gasteiger partial charge in [-0.15, -0.1) is 0 Å². The maximum absolute atomic E-state index is 10.6. The molecule has 1 aliphatic heterocycles. The quantitative estimate of drug-likeness (QED) is 0.331. The van der Waals surface area contributed by atoms with E-state index in [4.69, 9.17) is 5.11 Å². The molecule has 1 fully saturated rings. The summed E-state index contributed by atoms with van der Waals surface area (Å²) in [7, 11) is 0. The van der Waals surface area contributed by atoms with Crippen LogP contribution in [0.3, 0.4) is 0 Å². The standard InChI is InChI=1S/C21H38O3S/c1-4-5-14-21(2,3)19(22)13-12-18-16-25-15-17(18)10-8-6-7-9-11-20(23)24/h6,8,17-19,22H,4-5,7,9-16H2,1-3H3,(H,23,24)/b8-6-/t17-,18+,19?/m0/s1. The summed E-state index contributed by atoms with van der Waals surface area (Å²) in [4.78, 5) is 10.5. The van der Waals surface area contributed by atoms with Gasteiger partial charge in [0.05, 0.1) is 6.10 Å². The van der Waals surface area contributed by atoms with E-state index in [0.29, 0.717) is 11.8 Å². The van der Waals surface area contributed by atoms with Crippen LogP contribution in [0.4, 0.5) is 0 Å². The van der Waals surface area contributed by atoms with Crippen molar-refractivity contribution in [3.63, 3.8) is 0 Å². The topological polar surface area (TPSA) is 57.5 Å². The molecule has 3 atom stereocenters. The lowest BCUT2D eigenvalue weighted by atomic mass is 9.78. The molecule has 0 spiro atoms. The van der Waals surface area contributed by atoms with Gasteiger partial charge in [-0.2, -0.15) is 11.8 Å². The van der Waals surface area contributed by atoms with E-state index in [1.54, 1.807) is 0 Å². The number of rotatable bonds is 13. The molecule has 0 saturated carbocycles. The monoisotopic (exact) mass is 370 g/mol. The van der Waals surface area contributed by atoms with Gasteiger partial charge >= 0.3 is 5.97 Å². The van der Waals surface area contributed by atoms with Crippen molar-refractivity contribution >= 4 is 17.7 Å². The number of aliphatic hydroxyl groups is 1. The fraction of sp³-hybridized carbons (Fsp3) is 0.857. The van der Waals surface area contributed by atoms with Gasteiger partial charge in [-0.25, -0.2) is 0 Å².